The lowest BCUT2D eigenvalue weighted by Crippen LogP contribution is -2.28. The number of rotatable bonds is 6. The highest BCUT2D eigenvalue weighted by Gasteiger charge is 2.30. The largest absolute Gasteiger partial charge is 0.490 e. The van der Waals surface area contributed by atoms with Crippen LogP contribution in [0.5, 0.6) is 11.5 Å². The van der Waals surface area contributed by atoms with Gasteiger partial charge in [-0.2, -0.15) is 0 Å². The smallest absolute Gasteiger partial charge is 0.343 e. The Balaban J connectivity index is 1.73. The fraction of sp³-hybridized carbons (Fsp3) is 0.250. The number of carbonyl (C=O) groups excluding carboxylic acids is 3. The maximum atomic E-state index is 12.4. The molecule has 0 spiro atoms. The molecule has 0 unspecified atom stereocenters. The molecule has 3 rings (SSSR count). The monoisotopic (exact) mass is 353 g/mol. The first kappa shape index (κ1) is 17.7. The van der Waals surface area contributed by atoms with E-state index >= 15 is 0 Å². The lowest BCUT2D eigenvalue weighted by atomic mass is 10.2. The molecule has 26 heavy (non-hydrogen) atoms. The van der Waals surface area contributed by atoms with E-state index < -0.39 is 5.97 Å². The molecule has 2 aromatic rings. The standard InChI is InChI=1S/C20H19NO5/c1-2-13-25-16-5-3-4-6-17(16)26-20(24)14-7-9-15(10-8-14)21-18(22)11-12-19(21)23/h3-10H,2,11-13H2,1H3. The molecule has 134 valence electrons. The van der Waals surface area contributed by atoms with Crippen LogP contribution >= 0.6 is 0 Å². The van der Waals surface area contributed by atoms with E-state index in [1.165, 1.54) is 12.1 Å². The number of ether oxygens (including phenoxy) is 2. The van der Waals surface area contributed by atoms with Gasteiger partial charge in [0.15, 0.2) is 11.5 Å². The van der Waals surface area contributed by atoms with Crippen LogP contribution in [0.15, 0.2) is 48.5 Å². The Kier molecular flexibility index (Phi) is 5.31. The molecule has 2 amide bonds. The van der Waals surface area contributed by atoms with Crippen molar-refractivity contribution in [2.75, 3.05) is 11.5 Å². The van der Waals surface area contributed by atoms with E-state index in [0.717, 1.165) is 11.3 Å². The summed E-state index contributed by atoms with van der Waals surface area (Å²) in [7, 11) is 0. The molecule has 1 aliphatic rings. The van der Waals surface area contributed by atoms with Crippen molar-refractivity contribution < 1.29 is 23.9 Å². The Hall–Kier alpha value is -3.15. The average Bonchev–Trinajstić information content (AvgIpc) is 2.99. The second kappa shape index (κ2) is 7.82. The van der Waals surface area contributed by atoms with Crippen LogP contribution in [0.2, 0.25) is 0 Å². The highest BCUT2D eigenvalue weighted by Crippen LogP contribution is 2.28. The highest BCUT2D eigenvalue weighted by molar-refractivity contribution is 6.19. The van der Waals surface area contributed by atoms with Crippen molar-refractivity contribution in [1.82, 2.24) is 0 Å². The Labute approximate surface area is 151 Å². The number of amides is 2. The lowest BCUT2D eigenvalue weighted by Gasteiger charge is -2.14. The fourth-order valence-corrected chi connectivity index (χ4v) is 2.64. The molecule has 1 heterocycles. The van der Waals surface area contributed by atoms with E-state index in [-0.39, 0.29) is 24.7 Å². The molecule has 0 aliphatic carbocycles. The Morgan fingerprint density at radius 3 is 2.19 bits per heavy atom. The third-order valence-electron chi connectivity index (χ3n) is 3.93. The summed E-state index contributed by atoms with van der Waals surface area (Å²) in [6.45, 7) is 2.52. The number of benzene rings is 2. The number of esters is 1. The van der Waals surface area contributed by atoms with Gasteiger partial charge in [-0.3, -0.25) is 14.5 Å². The number of carbonyl (C=O) groups is 3. The summed E-state index contributed by atoms with van der Waals surface area (Å²) in [4.78, 5) is 37.1. The number of para-hydroxylation sites is 2. The second-order valence-electron chi connectivity index (χ2n) is 5.85. The lowest BCUT2D eigenvalue weighted by molar-refractivity contribution is -0.121. The molecule has 1 saturated heterocycles. The van der Waals surface area contributed by atoms with Gasteiger partial charge in [-0.25, -0.2) is 4.79 Å². The number of anilines is 1. The van der Waals surface area contributed by atoms with Gasteiger partial charge in [0.2, 0.25) is 11.8 Å². The van der Waals surface area contributed by atoms with E-state index in [2.05, 4.69) is 0 Å². The third kappa shape index (κ3) is 3.74. The molecule has 1 aliphatic heterocycles. The van der Waals surface area contributed by atoms with Crippen molar-refractivity contribution >= 4 is 23.5 Å². The van der Waals surface area contributed by atoms with E-state index in [0.29, 0.717) is 29.4 Å². The quantitative estimate of drug-likeness (QED) is 0.452. The van der Waals surface area contributed by atoms with Gasteiger partial charge in [-0.05, 0) is 42.8 Å². The van der Waals surface area contributed by atoms with Crippen LogP contribution in [0.4, 0.5) is 5.69 Å². The Morgan fingerprint density at radius 1 is 0.962 bits per heavy atom. The van der Waals surface area contributed by atoms with Gasteiger partial charge >= 0.3 is 5.97 Å². The fourth-order valence-electron chi connectivity index (χ4n) is 2.64. The minimum atomic E-state index is -0.539. The number of hydrogen-bond donors (Lipinski definition) is 0. The number of imide groups is 1. The van der Waals surface area contributed by atoms with Gasteiger partial charge in [0.1, 0.15) is 0 Å². The topological polar surface area (TPSA) is 72.9 Å². The molecular weight excluding hydrogens is 334 g/mol. The summed E-state index contributed by atoms with van der Waals surface area (Å²) in [6, 6.07) is 13.2. The van der Waals surface area contributed by atoms with Gasteiger partial charge in [0, 0.05) is 12.8 Å². The van der Waals surface area contributed by atoms with Crippen molar-refractivity contribution in [2.45, 2.75) is 26.2 Å². The van der Waals surface area contributed by atoms with Crippen LogP contribution in [0.3, 0.4) is 0 Å². The minimum Gasteiger partial charge on any atom is -0.490 e. The summed E-state index contributed by atoms with van der Waals surface area (Å²) in [5.41, 5.74) is 0.777. The summed E-state index contributed by atoms with van der Waals surface area (Å²) >= 11 is 0. The van der Waals surface area contributed by atoms with Crippen molar-refractivity contribution in [1.29, 1.82) is 0 Å². The molecule has 6 heteroatoms. The van der Waals surface area contributed by atoms with Crippen LogP contribution in [-0.4, -0.2) is 24.4 Å². The summed E-state index contributed by atoms with van der Waals surface area (Å²) in [5, 5.41) is 0. The van der Waals surface area contributed by atoms with Gasteiger partial charge in [0.25, 0.3) is 0 Å². The Morgan fingerprint density at radius 2 is 1.58 bits per heavy atom. The van der Waals surface area contributed by atoms with Gasteiger partial charge in [-0.1, -0.05) is 19.1 Å². The van der Waals surface area contributed by atoms with Crippen molar-refractivity contribution in [3.05, 3.63) is 54.1 Å². The molecule has 6 nitrogen and oxygen atoms in total. The first-order valence-electron chi connectivity index (χ1n) is 8.50. The minimum absolute atomic E-state index is 0.219. The molecule has 0 saturated carbocycles. The maximum Gasteiger partial charge on any atom is 0.343 e. The van der Waals surface area contributed by atoms with Gasteiger partial charge < -0.3 is 9.47 Å². The first-order chi connectivity index (χ1) is 12.6. The van der Waals surface area contributed by atoms with Crippen LogP contribution in [-0.2, 0) is 9.59 Å². The summed E-state index contributed by atoms with van der Waals surface area (Å²) in [6.07, 6.45) is 1.28. The number of hydrogen-bond acceptors (Lipinski definition) is 5. The van der Waals surface area contributed by atoms with Gasteiger partial charge in [0.05, 0.1) is 17.9 Å². The van der Waals surface area contributed by atoms with Gasteiger partial charge in [-0.15, -0.1) is 0 Å². The SMILES string of the molecule is CCCOc1ccccc1OC(=O)c1ccc(N2C(=O)CCC2=O)cc1. The summed E-state index contributed by atoms with van der Waals surface area (Å²) in [5.74, 6) is -0.143. The van der Waals surface area contributed by atoms with E-state index in [9.17, 15) is 14.4 Å². The van der Waals surface area contributed by atoms with E-state index in [1.54, 1.807) is 36.4 Å². The van der Waals surface area contributed by atoms with Crippen molar-refractivity contribution in [2.24, 2.45) is 0 Å². The zero-order valence-corrected chi connectivity index (χ0v) is 14.4. The second-order valence-corrected chi connectivity index (χ2v) is 5.85. The molecule has 0 radical (unpaired) electrons. The first-order valence-corrected chi connectivity index (χ1v) is 8.50. The number of nitrogens with zero attached hydrogens (tertiary/aromatic N) is 1. The predicted octanol–water partition coefficient (Wildman–Crippen LogP) is 3.35. The normalized spacial score (nSPS) is 13.8. The molecule has 2 aromatic carbocycles. The predicted molar refractivity (Wildman–Crippen MR) is 95.4 cm³/mol. The molecule has 0 aromatic heterocycles. The van der Waals surface area contributed by atoms with Crippen LogP contribution in [0, 0.1) is 0 Å². The molecule has 0 bridgehead atoms. The molecule has 0 atom stereocenters. The van der Waals surface area contributed by atoms with E-state index in [4.69, 9.17) is 9.47 Å². The average molecular weight is 353 g/mol. The van der Waals surface area contributed by atoms with Crippen LogP contribution in [0.25, 0.3) is 0 Å². The van der Waals surface area contributed by atoms with Crippen LogP contribution in [0.1, 0.15) is 36.5 Å². The zero-order chi connectivity index (χ0) is 18.5. The van der Waals surface area contributed by atoms with Crippen LogP contribution < -0.4 is 14.4 Å². The third-order valence-corrected chi connectivity index (χ3v) is 3.93. The van der Waals surface area contributed by atoms with E-state index in [1.807, 2.05) is 6.92 Å². The Bertz CT molecular complexity index is 812. The molecular formula is C20H19NO5. The maximum absolute atomic E-state index is 12.4. The molecule has 0 N–H and O–H groups in total. The highest BCUT2D eigenvalue weighted by atomic mass is 16.6. The zero-order valence-electron chi connectivity index (χ0n) is 14.4. The summed E-state index contributed by atoms with van der Waals surface area (Å²) < 4.78 is 11.0. The van der Waals surface area contributed by atoms with Crippen molar-refractivity contribution in [3.8, 4) is 11.5 Å². The van der Waals surface area contributed by atoms with Crippen molar-refractivity contribution in [3.63, 3.8) is 0 Å². The molecule has 1 fully saturated rings.